The number of hydrogen-bond donors (Lipinski definition) is 3. The van der Waals surface area contributed by atoms with Crippen molar-refractivity contribution in [3.8, 4) is 17.0 Å². The van der Waals surface area contributed by atoms with Crippen LogP contribution < -0.4 is 15.8 Å². The van der Waals surface area contributed by atoms with E-state index in [1.54, 1.807) is 4.68 Å². The maximum atomic E-state index is 14.8. The lowest BCUT2D eigenvalue weighted by molar-refractivity contribution is -0.265. The van der Waals surface area contributed by atoms with E-state index in [4.69, 9.17) is 10.5 Å². The topological polar surface area (TPSA) is 132 Å². The number of halogens is 5. The van der Waals surface area contributed by atoms with Crippen LogP contribution >= 0.6 is 0 Å². The van der Waals surface area contributed by atoms with Crippen molar-refractivity contribution in [3.05, 3.63) is 77.1 Å². The van der Waals surface area contributed by atoms with Gasteiger partial charge in [0.05, 0.1) is 29.2 Å². The van der Waals surface area contributed by atoms with E-state index in [2.05, 4.69) is 10.1 Å². The Labute approximate surface area is 240 Å². The number of aromatic nitrogens is 3. The van der Waals surface area contributed by atoms with E-state index in [0.717, 1.165) is 37.1 Å². The highest BCUT2D eigenvalue weighted by atomic mass is 19.4. The van der Waals surface area contributed by atoms with Gasteiger partial charge in [0.15, 0.2) is 0 Å². The molecule has 2 amide bonds. The molecule has 4 N–H and O–H groups in total. The minimum absolute atomic E-state index is 0.0559. The summed E-state index contributed by atoms with van der Waals surface area (Å²) in [5.74, 6) is -3.47. The van der Waals surface area contributed by atoms with Crippen LogP contribution in [-0.4, -0.2) is 51.0 Å². The average molecular weight is 602 g/mol. The monoisotopic (exact) mass is 601 g/mol. The lowest BCUT2D eigenvalue weighted by Gasteiger charge is -2.31. The van der Waals surface area contributed by atoms with Gasteiger partial charge < -0.3 is 20.9 Å². The Kier molecular flexibility index (Phi) is 6.45. The van der Waals surface area contributed by atoms with Crippen LogP contribution in [0.5, 0.6) is 5.75 Å². The highest BCUT2D eigenvalue weighted by Gasteiger charge is 2.57. The molecule has 2 aromatic carbocycles. The van der Waals surface area contributed by atoms with Crippen LogP contribution in [0, 0.1) is 11.6 Å². The van der Waals surface area contributed by atoms with Crippen molar-refractivity contribution < 1.29 is 41.4 Å². The molecule has 43 heavy (non-hydrogen) atoms. The molecule has 0 spiro atoms. The molecule has 4 aromatic rings. The number of rotatable bonds is 7. The number of aliphatic hydroxyl groups is 1. The highest BCUT2D eigenvalue weighted by molar-refractivity contribution is 5.98. The van der Waals surface area contributed by atoms with Gasteiger partial charge in [0.1, 0.15) is 35.1 Å². The number of ether oxygens (including phenoxy) is 1. The van der Waals surface area contributed by atoms with E-state index < -0.39 is 52.9 Å². The molecule has 2 aliphatic rings. The van der Waals surface area contributed by atoms with E-state index in [1.807, 2.05) is 5.32 Å². The fraction of sp³-hybridized carbons (Fsp3) is 0.310. The zero-order chi connectivity index (χ0) is 30.9. The van der Waals surface area contributed by atoms with Crippen molar-refractivity contribution in [3.63, 3.8) is 0 Å². The molecule has 1 fully saturated rings. The first-order valence-corrected chi connectivity index (χ1v) is 13.2. The van der Waals surface area contributed by atoms with Crippen LogP contribution in [0.2, 0.25) is 0 Å². The van der Waals surface area contributed by atoms with Gasteiger partial charge >= 0.3 is 6.18 Å². The molecule has 0 radical (unpaired) electrons. The molecule has 1 saturated carbocycles. The van der Waals surface area contributed by atoms with Gasteiger partial charge in [0.2, 0.25) is 11.5 Å². The van der Waals surface area contributed by atoms with Gasteiger partial charge in [-0.1, -0.05) is 0 Å². The fourth-order valence-electron chi connectivity index (χ4n) is 5.01. The smallest absolute Gasteiger partial charge is 0.424 e. The van der Waals surface area contributed by atoms with Crippen molar-refractivity contribution in [2.24, 2.45) is 5.73 Å². The van der Waals surface area contributed by atoms with Gasteiger partial charge in [0.25, 0.3) is 5.91 Å². The third-order valence-corrected chi connectivity index (χ3v) is 7.91. The number of primary amides is 1. The summed E-state index contributed by atoms with van der Waals surface area (Å²) >= 11 is 0. The minimum atomic E-state index is -5.40. The van der Waals surface area contributed by atoms with Crippen LogP contribution in [0.1, 0.15) is 47.4 Å². The highest BCUT2D eigenvalue weighted by Crippen LogP contribution is 2.47. The molecule has 6 rings (SSSR count). The van der Waals surface area contributed by atoms with E-state index >= 15 is 0 Å². The molecule has 9 nitrogen and oxygen atoms in total. The molecule has 2 atom stereocenters. The van der Waals surface area contributed by atoms with Crippen molar-refractivity contribution in [1.82, 2.24) is 20.1 Å². The number of carbonyl (C=O) groups is 2. The molecule has 0 bridgehead atoms. The summed E-state index contributed by atoms with van der Waals surface area (Å²) in [5, 5.41) is 17.6. The van der Waals surface area contributed by atoms with Crippen molar-refractivity contribution in [1.29, 1.82) is 0 Å². The number of nitrogens with zero attached hydrogens (tertiary/aromatic N) is 3. The van der Waals surface area contributed by atoms with Gasteiger partial charge in [-0.05, 0) is 62.2 Å². The SMILES string of the molecule is C[C@]1(C(N)=O)COc2c1cc([C@@](O)(CNC(=O)c1cc(F)c3cn(C4CC4)nc3c1)C(F)(F)F)nc2-c1ccc(F)cc1. The number of pyridine rings is 1. The first-order chi connectivity index (χ1) is 20.2. The molecule has 0 unspecified atom stereocenters. The number of fused-ring (bicyclic) bond motifs is 2. The van der Waals surface area contributed by atoms with Crippen LogP contribution in [-0.2, 0) is 15.8 Å². The number of nitrogens with two attached hydrogens (primary N) is 1. The first kappa shape index (κ1) is 28.5. The Balaban J connectivity index is 1.39. The fourth-order valence-corrected chi connectivity index (χ4v) is 5.01. The maximum Gasteiger partial charge on any atom is 0.424 e. The Morgan fingerprint density at radius 1 is 1.16 bits per heavy atom. The summed E-state index contributed by atoms with van der Waals surface area (Å²) in [4.78, 5) is 29.4. The Morgan fingerprint density at radius 2 is 1.86 bits per heavy atom. The van der Waals surface area contributed by atoms with Gasteiger partial charge in [0, 0.05) is 22.9 Å². The zero-order valence-electron chi connectivity index (χ0n) is 22.5. The maximum absolute atomic E-state index is 14.8. The van der Waals surface area contributed by atoms with Gasteiger partial charge in [-0.25, -0.2) is 13.8 Å². The van der Waals surface area contributed by atoms with Crippen LogP contribution in [0.4, 0.5) is 22.0 Å². The number of hydrogen-bond acceptors (Lipinski definition) is 6. The van der Waals surface area contributed by atoms with Gasteiger partial charge in [-0.2, -0.15) is 18.3 Å². The van der Waals surface area contributed by atoms with E-state index in [9.17, 15) is 36.6 Å². The summed E-state index contributed by atoms with van der Waals surface area (Å²) in [6, 6.07) is 7.71. The van der Waals surface area contributed by atoms with E-state index in [0.29, 0.717) is 0 Å². The van der Waals surface area contributed by atoms with Crippen molar-refractivity contribution in [2.75, 3.05) is 13.2 Å². The summed E-state index contributed by atoms with van der Waals surface area (Å²) < 4.78 is 79.4. The Morgan fingerprint density at radius 3 is 2.49 bits per heavy atom. The molecule has 3 heterocycles. The second kappa shape index (κ2) is 9.73. The standard InChI is InChI=1S/C29H24F5N5O4/c1-27(26(35)41)13-43-24-19(27)10-22(37-23(24)14-2-4-16(30)5-3-14)28(42,29(32,33)34)12-36-25(40)15-8-20(31)18-11-39(17-6-7-17)38-21(18)9-15/h2-5,8-11,17,42H,6-7,12-13H2,1H3,(H2,35,41)(H,36,40)/t27-,28-/m0/s1. The quantitative estimate of drug-likeness (QED) is 0.274. The minimum Gasteiger partial charge on any atom is -0.489 e. The summed E-state index contributed by atoms with van der Waals surface area (Å²) in [5.41, 5.74) is -1.08. The normalized spacial score (nSPS) is 19.5. The molecule has 1 aliphatic heterocycles. The largest absolute Gasteiger partial charge is 0.489 e. The number of amides is 2. The van der Waals surface area contributed by atoms with E-state index in [1.165, 1.54) is 31.3 Å². The first-order valence-electron chi connectivity index (χ1n) is 13.2. The second-order valence-electron chi connectivity index (χ2n) is 11.0. The van der Waals surface area contributed by atoms with Gasteiger partial charge in [-0.3, -0.25) is 14.3 Å². The molecule has 2 aromatic heterocycles. The van der Waals surface area contributed by atoms with Crippen LogP contribution in [0.3, 0.4) is 0 Å². The molecule has 1 aliphatic carbocycles. The third-order valence-electron chi connectivity index (χ3n) is 7.91. The molecule has 0 saturated heterocycles. The van der Waals surface area contributed by atoms with E-state index in [-0.39, 0.29) is 51.7 Å². The second-order valence-corrected chi connectivity index (χ2v) is 11.0. The third kappa shape index (κ3) is 4.75. The predicted molar refractivity (Wildman–Crippen MR) is 142 cm³/mol. The lowest BCUT2D eigenvalue weighted by Crippen LogP contribution is -2.51. The number of benzene rings is 2. The molecular formula is C29H24F5N5O4. The summed E-state index contributed by atoms with van der Waals surface area (Å²) in [7, 11) is 0. The van der Waals surface area contributed by atoms with Crippen molar-refractivity contribution in [2.45, 2.75) is 43.0 Å². The lowest BCUT2D eigenvalue weighted by atomic mass is 9.81. The van der Waals surface area contributed by atoms with Crippen molar-refractivity contribution >= 4 is 22.7 Å². The number of carbonyl (C=O) groups excluding carboxylic acids is 2. The van der Waals surface area contributed by atoms with Crippen LogP contribution in [0.15, 0.2) is 48.7 Å². The van der Waals surface area contributed by atoms with Crippen LogP contribution in [0.25, 0.3) is 22.2 Å². The molecule has 14 heteroatoms. The molecule has 224 valence electrons. The number of alkyl halides is 3. The number of nitrogens with one attached hydrogen (secondary N) is 1. The zero-order valence-corrected chi connectivity index (χ0v) is 22.5. The molecular weight excluding hydrogens is 577 g/mol. The summed E-state index contributed by atoms with van der Waals surface area (Å²) in [6.45, 7) is -0.375. The Hall–Kier alpha value is -4.59. The van der Waals surface area contributed by atoms with Gasteiger partial charge in [-0.15, -0.1) is 0 Å². The average Bonchev–Trinajstić information content (AvgIpc) is 3.62. The predicted octanol–water partition coefficient (Wildman–Crippen LogP) is 4.03. The Bertz CT molecular complexity index is 1790. The summed E-state index contributed by atoms with van der Waals surface area (Å²) in [6.07, 6.45) is -2.14.